The number of anilines is 3. The predicted octanol–water partition coefficient (Wildman–Crippen LogP) is 4.76. The highest BCUT2D eigenvalue weighted by Gasteiger charge is 2.30. The van der Waals surface area contributed by atoms with Crippen LogP contribution < -0.4 is 10.2 Å². The van der Waals surface area contributed by atoms with Crippen LogP contribution in [0.4, 0.5) is 16.9 Å². The molecule has 1 atom stereocenters. The van der Waals surface area contributed by atoms with Gasteiger partial charge in [0, 0.05) is 23.9 Å². The molecular formula is C27H26N6O3S2. The first-order chi connectivity index (χ1) is 18.3. The van der Waals surface area contributed by atoms with Crippen LogP contribution in [0, 0.1) is 18.3 Å². The number of aromatic nitrogens is 3. The molecule has 0 aliphatic carbocycles. The van der Waals surface area contributed by atoms with Gasteiger partial charge in [0.1, 0.15) is 16.8 Å². The Bertz CT molecular complexity index is 1610. The fourth-order valence-corrected chi connectivity index (χ4v) is 5.82. The van der Waals surface area contributed by atoms with Crippen LogP contribution >= 0.6 is 11.3 Å². The van der Waals surface area contributed by atoms with Crippen LogP contribution in [0.2, 0.25) is 0 Å². The molecule has 3 heterocycles. The summed E-state index contributed by atoms with van der Waals surface area (Å²) in [5.41, 5.74) is 3.95. The van der Waals surface area contributed by atoms with Crippen molar-refractivity contribution in [2.45, 2.75) is 37.3 Å². The number of aliphatic hydroxyl groups is 1. The number of rotatable bonds is 7. The lowest BCUT2D eigenvalue weighted by Crippen LogP contribution is -2.25. The molecule has 5 rings (SSSR count). The zero-order chi connectivity index (χ0) is 26.9. The van der Waals surface area contributed by atoms with Crippen molar-refractivity contribution in [2.75, 3.05) is 23.0 Å². The number of nitrogens with zero attached hydrogens (tertiary/aromatic N) is 5. The number of hydrogen-bond donors (Lipinski definition) is 2. The highest BCUT2D eigenvalue weighted by atomic mass is 32.2. The quantitative estimate of drug-likeness (QED) is 0.337. The van der Waals surface area contributed by atoms with E-state index >= 15 is 0 Å². The Hall–Kier alpha value is -3.85. The predicted molar refractivity (Wildman–Crippen MR) is 147 cm³/mol. The van der Waals surface area contributed by atoms with E-state index in [-0.39, 0.29) is 17.5 Å². The van der Waals surface area contributed by atoms with Crippen LogP contribution in [0.1, 0.15) is 40.5 Å². The molecule has 2 aromatic heterocycles. The van der Waals surface area contributed by atoms with Gasteiger partial charge >= 0.3 is 0 Å². The van der Waals surface area contributed by atoms with Gasteiger partial charge in [0.05, 0.1) is 29.4 Å². The molecular weight excluding hydrogens is 520 g/mol. The Labute approximate surface area is 225 Å². The van der Waals surface area contributed by atoms with E-state index in [9.17, 15) is 18.8 Å². The molecule has 9 nitrogen and oxygen atoms in total. The van der Waals surface area contributed by atoms with Gasteiger partial charge < -0.3 is 15.3 Å². The van der Waals surface area contributed by atoms with Gasteiger partial charge in [-0.25, -0.2) is 18.4 Å². The molecule has 0 radical (unpaired) electrons. The monoisotopic (exact) mass is 546 g/mol. The first-order valence-corrected chi connectivity index (χ1v) is 14.8. The summed E-state index contributed by atoms with van der Waals surface area (Å²) < 4.78 is 24.0. The normalized spacial score (nSPS) is 15.4. The third-order valence-electron chi connectivity index (χ3n) is 6.52. The molecule has 11 heteroatoms. The zero-order valence-electron chi connectivity index (χ0n) is 20.9. The smallest absolute Gasteiger partial charge is 0.228 e. The van der Waals surface area contributed by atoms with Crippen molar-refractivity contribution in [2.24, 2.45) is 0 Å². The molecule has 2 aromatic carbocycles. The van der Waals surface area contributed by atoms with Gasteiger partial charge in [-0.05, 0) is 37.5 Å². The Balaban J connectivity index is 1.63. The zero-order valence-corrected chi connectivity index (χ0v) is 22.6. The van der Waals surface area contributed by atoms with Crippen molar-refractivity contribution in [3.8, 4) is 17.3 Å². The number of thiazole rings is 1. The highest BCUT2D eigenvalue weighted by Crippen LogP contribution is 2.38. The summed E-state index contributed by atoms with van der Waals surface area (Å²) >= 11 is 1.18. The van der Waals surface area contributed by atoms with Gasteiger partial charge in [-0.3, -0.25) is 0 Å². The fraction of sp³-hybridized carbons (Fsp3) is 0.259. The highest BCUT2D eigenvalue weighted by molar-refractivity contribution is 7.90. The summed E-state index contributed by atoms with van der Waals surface area (Å²) in [5.74, 6) is 0.875. The van der Waals surface area contributed by atoms with Gasteiger partial charge in [-0.1, -0.05) is 53.3 Å². The minimum absolute atomic E-state index is 0.0916. The molecule has 1 aliphatic rings. The van der Waals surface area contributed by atoms with Crippen molar-refractivity contribution >= 4 is 38.1 Å². The number of aryl methyl sites for hydroxylation is 1. The maximum Gasteiger partial charge on any atom is 0.228 e. The van der Waals surface area contributed by atoms with Crippen LogP contribution in [0.25, 0.3) is 11.3 Å². The largest absolute Gasteiger partial charge is 0.391 e. The fourth-order valence-electron chi connectivity index (χ4n) is 4.58. The second-order valence-electron chi connectivity index (χ2n) is 9.18. The van der Waals surface area contributed by atoms with E-state index in [4.69, 9.17) is 9.97 Å². The molecule has 4 aromatic rings. The minimum Gasteiger partial charge on any atom is -0.391 e. The first-order valence-electron chi connectivity index (χ1n) is 12.0. The molecule has 1 fully saturated rings. The van der Waals surface area contributed by atoms with E-state index in [1.165, 1.54) is 40.8 Å². The molecule has 194 valence electrons. The van der Waals surface area contributed by atoms with Gasteiger partial charge in [-0.15, -0.1) is 0 Å². The topological polar surface area (TPSA) is 132 Å². The van der Waals surface area contributed by atoms with Crippen molar-refractivity contribution in [3.05, 3.63) is 76.3 Å². The number of benzene rings is 2. The maximum absolute atomic E-state index is 12.0. The van der Waals surface area contributed by atoms with Gasteiger partial charge in [0.25, 0.3) is 0 Å². The van der Waals surface area contributed by atoms with E-state index in [0.29, 0.717) is 38.6 Å². The molecule has 1 saturated heterocycles. The van der Waals surface area contributed by atoms with Gasteiger partial charge in [-0.2, -0.15) is 10.2 Å². The van der Waals surface area contributed by atoms with Crippen LogP contribution in [0.15, 0.2) is 59.6 Å². The molecule has 0 saturated carbocycles. The van der Waals surface area contributed by atoms with Gasteiger partial charge in [0.2, 0.25) is 5.95 Å². The average Bonchev–Trinajstić information content (AvgIpc) is 3.58. The van der Waals surface area contributed by atoms with Crippen LogP contribution in [-0.2, 0) is 16.4 Å². The summed E-state index contributed by atoms with van der Waals surface area (Å²) in [4.78, 5) is 16.8. The van der Waals surface area contributed by atoms with Crippen molar-refractivity contribution < 1.29 is 13.5 Å². The minimum atomic E-state index is -3.36. The van der Waals surface area contributed by atoms with Crippen molar-refractivity contribution in [1.29, 1.82) is 5.26 Å². The Morgan fingerprint density at radius 1 is 1.16 bits per heavy atom. The third kappa shape index (κ3) is 5.24. The van der Waals surface area contributed by atoms with E-state index < -0.39 is 9.84 Å². The lowest BCUT2D eigenvalue weighted by Gasteiger charge is -2.27. The molecule has 1 aliphatic heterocycles. The first kappa shape index (κ1) is 25.8. The molecule has 38 heavy (non-hydrogen) atoms. The Morgan fingerprint density at radius 3 is 2.53 bits per heavy atom. The van der Waals surface area contributed by atoms with Crippen LogP contribution in [0.3, 0.4) is 0 Å². The van der Waals surface area contributed by atoms with Gasteiger partial charge in [0.15, 0.2) is 15.0 Å². The molecule has 0 spiro atoms. The summed E-state index contributed by atoms with van der Waals surface area (Å²) in [6.45, 7) is 2.46. The lowest BCUT2D eigenvalue weighted by molar-refractivity contribution is 0.282. The van der Waals surface area contributed by atoms with E-state index in [1.54, 1.807) is 12.1 Å². The SMILES string of the molecule is Cc1ccc(C2CCCN2c2nc(Nc3ncc(C#N)s3)c(CO)c(-c3ccc(S(C)(=O)=O)cc3)n2)cc1. The van der Waals surface area contributed by atoms with E-state index in [0.717, 1.165) is 25.6 Å². The third-order valence-corrected chi connectivity index (χ3v) is 8.47. The second kappa shape index (κ2) is 10.5. The Kier molecular flexibility index (Phi) is 7.12. The number of sulfone groups is 1. The number of hydrogen-bond acceptors (Lipinski definition) is 10. The standard InChI is InChI=1S/C27H26N6O3S2/c1-17-5-7-18(8-6-17)23-4-3-13-33(23)26-30-24(19-9-11-21(12-10-19)38(2,35)36)22(16-34)25(31-26)32-27-29-15-20(14-28)37-27/h5-12,15,23,34H,3-4,13,16H2,1-2H3,(H,29,30,31,32). The summed E-state index contributed by atoms with van der Waals surface area (Å²) in [6.07, 6.45) is 4.57. The molecule has 0 amide bonds. The second-order valence-corrected chi connectivity index (χ2v) is 12.2. The summed E-state index contributed by atoms with van der Waals surface area (Å²) in [5, 5.41) is 23.2. The summed E-state index contributed by atoms with van der Waals surface area (Å²) in [7, 11) is -3.36. The van der Waals surface area contributed by atoms with E-state index in [2.05, 4.69) is 52.5 Å². The Morgan fingerprint density at radius 2 is 1.89 bits per heavy atom. The van der Waals surface area contributed by atoms with Crippen LogP contribution in [0.5, 0.6) is 0 Å². The molecule has 0 bridgehead atoms. The lowest BCUT2D eigenvalue weighted by atomic mass is 10.0. The number of nitrogens with one attached hydrogen (secondary N) is 1. The van der Waals surface area contributed by atoms with Crippen LogP contribution in [-0.4, -0.2) is 41.3 Å². The summed E-state index contributed by atoms with van der Waals surface area (Å²) in [6, 6.07) is 17.1. The van der Waals surface area contributed by atoms with Crippen molar-refractivity contribution in [3.63, 3.8) is 0 Å². The van der Waals surface area contributed by atoms with E-state index in [1.807, 2.05) is 0 Å². The van der Waals surface area contributed by atoms with Crippen molar-refractivity contribution in [1.82, 2.24) is 15.0 Å². The average molecular weight is 547 g/mol. The maximum atomic E-state index is 12.0. The number of nitriles is 1. The molecule has 1 unspecified atom stereocenters. The number of aliphatic hydroxyl groups excluding tert-OH is 1. The molecule has 2 N–H and O–H groups in total.